The lowest BCUT2D eigenvalue weighted by molar-refractivity contribution is -0.462. The number of methoxy groups -OCH3 is 2. The number of hydrogen-bond acceptors (Lipinski definition) is 9. The van der Waals surface area contributed by atoms with Crippen molar-refractivity contribution in [3.63, 3.8) is 0 Å². The van der Waals surface area contributed by atoms with Crippen molar-refractivity contribution in [3.8, 4) is 11.5 Å². The van der Waals surface area contributed by atoms with Gasteiger partial charge in [-0.1, -0.05) is 36.9 Å². The minimum Gasteiger partial charge on any atom is -0.490 e. The Balaban J connectivity index is 1.63. The standard InChI is InChI=1S/C38H55N2O8Si/c1-28-8-10-30-36(24-28)49(6,7)37-25-29(40(2)3)9-11-31(37)38(30)32-26-33(39)35(48-23-21-46-19-17-44-15-13-42-5)27-34(32)47-22-20-45-18-16-43-14-12-41-4/h8-11,24-27H,12-23,39H2,1-7H3/q+1. The highest BCUT2D eigenvalue weighted by molar-refractivity contribution is 6.98. The van der Waals surface area contributed by atoms with Gasteiger partial charge in [-0.25, -0.2) is 4.58 Å². The van der Waals surface area contributed by atoms with Gasteiger partial charge in [-0.15, -0.1) is 0 Å². The summed E-state index contributed by atoms with van der Waals surface area (Å²) in [6, 6.07) is 10.7. The van der Waals surface area contributed by atoms with Crippen LogP contribution in [-0.4, -0.2) is 126 Å². The predicted octanol–water partition coefficient (Wildman–Crippen LogP) is 4.17. The van der Waals surface area contributed by atoms with E-state index in [1.807, 2.05) is 12.1 Å². The summed E-state index contributed by atoms with van der Waals surface area (Å²) in [5.41, 5.74) is 14.1. The van der Waals surface area contributed by atoms with Gasteiger partial charge in [-0.3, -0.25) is 0 Å². The summed E-state index contributed by atoms with van der Waals surface area (Å²) in [7, 11) is 5.42. The Hall–Kier alpha value is -3.29. The number of nitrogens with two attached hydrogens (primary N) is 1. The first-order chi connectivity index (χ1) is 23.7. The molecule has 1 aliphatic heterocycles. The van der Waals surface area contributed by atoms with Crippen molar-refractivity contribution in [2.45, 2.75) is 20.0 Å². The van der Waals surface area contributed by atoms with E-state index in [1.54, 1.807) is 14.2 Å². The fourth-order valence-electron chi connectivity index (χ4n) is 5.89. The first-order valence-electron chi connectivity index (χ1n) is 17.0. The van der Waals surface area contributed by atoms with Crippen molar-refractivity contribution >= 4 is 30.2 Å². The predicted molar refractivity (Wildman–Crippen MR) is 198 cm³/mol. The molecule has 0 saturated carbocycles. The van der Waals surface area contributed by atoms with E-state index in [-0.39, 0.29) is 0 Å². The molecule has 4 rings (SSSR count). The molecule has 0 saturated heterocycles. The van der Waals surface area contributed by atoms with E-state index < -0.39 is 8.07 Å². The number of nitrogens with zero attached hydrogens (tertiary/aromatic N) is 1. The normalized spacial score (nSPS) is 14.8. The molecule has 2 N–H and O–H groups in total. The molecule has 0 spiro atoms. The molecule has 0 amide bonds. The van der Waals surface area contributed by atoms with Gasteiger partial charge in [0.25, 0.3) is 0 Å². The van der Waals surface area contributed by atoms with Crippen LogP contribution in [0.5, 0.6) is 11.5 Å². The first kappa shape index (κ1) is 38.5. The van der Waals surface area contributed by atoms with Crippen molar-refractivity contribution < 1.29 is 42.5 Å². The number of ether oxygens (including phenoxy) is 8. The summed E-state index contributed by atoms with van der Waals surface area (Å²) in [4.78, 5) is 0. The van der Waals surface area contributed by atoms with Gasteiger partial charge in [0.15, 0.2) is 5.71 Å². The third kappa shape index (κ3) is 10.4. The summed E-state index contributed by atoms with van der Waals surface area (Å²) < 4.78 is 47.3. The Labute approximate surface area is 293 Å². The Morgan fingerprint density at radius 1 is 0.653 bits per heavy atom. The van der Waals surface area contributed by atoms with Crippen LogP contribution in [0.3, 0.4) is 0 Å². The van der Waals surface area contributed by atoms with Gasteiger partial charge in [-0.2, -0.15) is 0 Å². The van der Waals surface area contributed by atoms with Crippen molar-refractivity contribution in [1.29, 1.82) is 0 Å². The third-order valence-corrected chi connectivity index (χ3v) is 12.1. The van der Waals surface area contributed by atoms with E-state index in [0.29, 0.717) is 96.5 Å². The lowest BCUT2D eigenvalue weighted by Gasteiger charge is -2.38. The molecular formula is C38H55N2O8Si+. The molecule has 10 nitrogen and oxygen atoms in total. The van der Waals surface area contributed by atoms with E-state index in [1.165, 1.54) is 32.8 Å². The fourth-order valence-corrected chi connectivity index (χ4v) is 9.04. The quantitative estimate of drug-likeness (QED) is 0.0893. The Kier molecular flexibility index (Phi) is 15.1. The van der Waals surface area contributed by atoms with Crippen LogP contribution in [0.15, 0.2) is 59.3 Å². The maximum Gasteiger partial charge on any atom is 0.199 e. The highest BCUT2D eigenvalue weighted by atomic mass is 28.3. The fraction of sp³-hybridized carbons (Fsp3) is 0.500. The van der Waals surface area contributed by atoms with Crippen LogP contribution >= 0.6 is 0 Å². The molecule has 49 heavy (non-hydrogen) atoms. The van der Waals surface area contributed by atoms with Crippen LogP contribution in [0, 0.1) is 6.92 Å². The van der Waals surface area contributed by atoms with E-state index in [0.717, 1.165) is 11.1 Å². The molecule has 0 aromatic heterocycles. The molecule has 0 atom stereocenters. The van der Waals surface area contributed by atoms with Crippen LogP contribution in [0.4, 0.5) is 5.69 Å². The SMILES string of the molecule is COCCOCCOCCOc1cc(OCCOCCOCCOC)c(C2=C3C=CC(=[N+](C)C)C=C3[Si](C)(C)c3cc(C)ccc32)cc1N. The zero-order valence-electron chi connectivity index (χ0n) is 30.4. The van der Waals surface area contributed by atoms with Gasteiger partial charge in [0.2, 0.25) is 0 Å². The monoisotopic (exact) mass is 695 g/mol. The number of aryl methyl sites for hydroxylation is 1. The third-order valence-electron chi connectivity index (χ3n) is 8.54. The number of anilines is 1. The molecule has 2 aromatic rings. The van der Waals surface area contributed by atoms with Crippen molar-refractivity contribution in [2.24, 2.45) is 0 Å². The summed E-state index contributed by atoms with van der Waals surface area (Å²) >= 11 is 0. The summed E-state index contributed by atoms with van der Waals surface area (Å²) in [6.45, 7) is 12.7. The number of nitrogen functional groups attached to an aromatic ring is 1. The van der Waals surface area contributed by atoms with Crippen molar-refractivity contribution in [1.82, 2.24) is 0 Å². The van der Waals surface area contributed by atoms with Crippen LogP contribution in [0.25, 0.3) is 5.57 Å². The van der Waals surface area contributed by atoms with Crippen LogP contribution in [0.1, 0.15) is 16.7 Å². The number of hydrogen-bond donors (Lipinski definition) is 1. The van der Waals surface area contributed by atoms with Crippen LogP contribution < -0.4 is 20.4 Å². The molecule has 1 heterocycles. The van der Waals surface area contributed by atoms with E-state index in [2.05, 4.69) is 75.1 Å². The number of allylic oxidation sites excluding steroid dienone is 5. The maximum absolute atomic E-state index is 6.72. The minimum absolute atomic E-state index is 0.335. The summed E-state index contributed by atoms with van der Waals surface area (Å²) in [6.07, 6.45) is 6.80. The number of benzene rings is 2. The largest absolute Gasteiger partial charge is 0.490 e. The molecule has 2 aliphatic rings. The highest BCUT2D eigenvalue weighted by Crippen LogP contribution is 2.45. The topological polar surface area (TPSA) is 103 Å². The number of rotatable bonds is 21. The molecule has 0 unspecified atom stereocenters. The lowest BCUT2D eigenvalue weighted by atomic mass is 9.88. The summed E-state index contributed by atoms with van der Waals surface area (Å²) in [5, 5.41) is 2.78. The van der Waals surface area contributed by atoms with Gasteiger partial charge in [0, 0.05) is 38.0 Å². The van der Waals surface area contributed by atoms with Crippen LogP contribution in [-0.2, 0) is 28.4 Å². The second-order valence-electron chi connectivity index (χ2n) is 12.7. The molecular weight excluding hydrogens is 641 g/mol. The highest BCUT2D eigenvalue weighted by Gasteiger charge is 2.40. The Morgan fingerprint density at radius 3 is 1.78 bits per heavy atom. The van der Waals surface area contributed by atoms with Gasteiger partial charge in [0.05, 0.1) is 71.8 Å². The molecule has 11 heteroatoms. The van der Waals surface area contributed by atoms with E-state index in [9.17, 15) is 0 Å². The molecule has 1 aliphatic carbocycles. The molecule has 0 bridgehead atoms. The average molecular weight is 696 g/mol. The number of fused-ring (bicyclic) bond motifs is 2. The molecule has 0 fully saturated rings. The van der Waals surface area contributed by atoms with E-state index >= 15 is 0 Å². The zero-order valence-corrected chi connectivity index (χ0v) is 31.4. The van der Waals surface area contributed by atoms with Gasteiger partial charge >= 0.3 is 0 Å². The molecule has 268 valence electrons. The second kappa shape index (κ2) is 19.2. The maximum atomic E-state index is 6.72. The molecule has 0 radical (unpaired) electrons. The van der Waals surface area contributed by atoms with Crippen molar-refractivity contribution in [3.05, 3.63) is 76.0 Å². The zero-order chi connectivity index (χ0) is 35.2. The van der Waals surface area contributed by atoms with Gasteiger partial charge in [0.1, 0.15) is 46.9 Å². The first-order valence-corrected chi connectivity index (χ1v) is 20.0. The summed E-state index contributed by atoms with van der Waals surface area (Å²) in [5.74, 6) is 1.23. The van der Waals surface area contributed by atoms with Crippen LogP contribution in [0.2, 0.25) is 13.1 Å². The van der Waals surface area contributed by atoms with Gasteiger partial charge < -0.3 is 43.6 Å². The molecule has 2 aromatic carbocycles. The second-order valence-corrected chi connectivity index (χ2v) is 17.0. The Morgan fingerprint density at radius 2 is 1.20 bits per heavy atom. The average Bonchev–Trinajstić information content (AvgIpc) is 3.08. The lowest BCUT2D eigenvalue weighted by Crippen LogP contribution is -2.49. The Bertz CT molecular complexity index is 1530. The van der Waals surface area contributed by atoms with Gasteiger partial charge in [-0.05, 0) is 46.2 Å². The van der Waals surface area contributed by atoms with Crippen molar-refractivity contribution in [2.75, 3.05) is 113 Å². The minimum atomic E-state index is -2.06. The van der Waals surface area contributed by atoms with E-state index in [4.69, 9.17) is 43.6 Å². The smallest absolute Gasteiger partial charge is 0.199 e.